The number of fused-ring (bicyclic) bond motifs is 2. The Balaban J connectivity index is 0.000000149. The quantitative estimate of drug-likeness (QED) is 0.303. The van der Waals surface area contributed by atoms with E-state index in [4.69, 9.17) is 8.83 Å². The average molecular weight is 476 g/mol. The molecule has 0 aliphatic carbocycles. The Morgan fingerprint density at radius 3 is 1.69 bits per heavy atom. The molecule has 0 radical (unpaired) electrons. The van der Waals surface area contributed by atoms with E-state index in [0.717, 1.165) is 5.56 Å². The third kappa shape index (κ3) is 4.74. The van der Waals surface area contributed by atoms with E-state index in [9.17, 15) is 19.8 Å². The Morgan fingerprint density at radius 1 is 0.472 bits per heavy atom. The van der Waals surface area contributed by atoms with Crippen LogP contribution < -0.4 is 10.9 Å². The normalized spacial score (nSPS) is 10.7. The third-order valence-electron chi connectivity index (χ3n) is 5.56. The van der Waals surface area contributed by atoms with Crippen molar-refractivity contribution < 1.29 is 19.0 Å². The fraction of sp³-hybridized carbons (Fsp3) is 0. The van der Waals surface area contributed by atoms with Crippen molar-refractivity contribution in [3.8, 4) is 34.1 Å². The van der Waals surface area contributed by atoms with Gasteiger partial charge in [0.05, 0.1) is 10.8 Å². The second kappa shape index (κ2) is 9.64. The number of benzene rings is 4. The lowest BCUT2D eigenvalue weighted by Crippen LogP contribution is -1.99. The molecule has 0 saturated heterocycles. The first-order valence-corrected chi connectivity index (χ1v) is 11.1. The van der Waals surface area contributed by atoms with Crippen molar-refractivity contribution in [1.82, 2.24) is 0 Å². The summed E-state index contributed by atoms with van der Waals surface area (Å²) in [5.74, 6) is 1.18. The molecule has 2 aromatic heterocycles. The van der Waals surface area contributed by atoms with Gasteiger partial charge in [-0.05, 0) is 48.5 Å². The molecule has 176 valence electrons. The summed E-state index contributed by atoms with van der Waals surface area (Å²) >= 11 is 0. The monoisotopic (exact) mass is 476 g/mol. The van der Waals surface area contributed by atoms with Gasteiger partial charge < -0.3 is 19.0 Å². The van der Waals surface area contributed by atoms with Crippen LogP contribution in [0.4, 0.5) is 0 Å². The molecule has 2 N–H and O–H groups in total. The number of rotatable bonds is 2. The fourth-order valence-corrected chi connectivity index (χ4v) is 3.76. The standard InChI is InChI=1S/C15H10O4.C15H10O2/c16-10-3-1-9(2-4-10)14-8-13(18)12-6-5-11(17)7-15(12)19-14;16-13-10-15(11-6-2-1-3-7-11)17-14-9-5-4-8-12(13)14/h1-8,16-17H;1-10H. The SMILES string of the molecule is O=c1cc(-c2ccc(O)cc2)oc2cc(O)ccc12.O=c1cc(-c2ccccc2)oc2ccccc12. The highest BCUT2D eigenvalue weighted by molar-refractivity contribution is 5.80. The first-order chi connectivity index (χ1) is 17.5. The van der Waals surface area contributed by atoms with Gasteiger partial charge in [0.15, 0.2) is 10.9 Å². The predicted molar refractivity (Wildman–Crippen MR) is 139 cm³/mol. The summed E-state index contributed by atoms with van der Waals surface area (Å²) in [6.45, 7) is 0. The van der Waals surface area contributed by atoms with Gasteiger partial charge in [0.2, 0.25) is 0 Å². The van der Waals surface area contributed by atoms with Crippen LogP contribution in [0.25, 0.3) is 44.6 Å². The zero-order valence-corrected chi connectivity index (χ0v) is 18.9. The summed E-state index contributed by atoms with van der Waals surface area (Å²) in [5, 5.41) is 19.7. The average Bonchev–Trinajstić information content (AvgIpc) is 2.90. The van der Waals surface area contributed by atoms with Crippen LogP contribution in [0, 0.1) is 0 Å². The lowest BCUT2D eigenvalue weighted by atomic mass is 10.1. The summed E-state index contributed by atoms with van der Waals surface area (Å²) in [6.07, 6.45) is 0. The van der Waals surface area contributed by atoms with E-state index in [0.29, 0.717) is 39.0 Å². The summed E-state index contributed by atoms with van der Waals surface area (Å²) in [6, 6.07) is 30.5. The predicted octanol–water partition coefficient (Wildman–Crippen LogP) is 6.33. The summed E-state index contributed by atoms with van der Waals surface area (Å²) in [7, 11) is 0. The third-order valence-corrected chi connectivity index (χ3v) is 5.56. The molecular weight excluding hydrogens is 456 g/mol. The smallest absolute Gasteiger partial charge is 0.193 e. The van der Waals surface area contributed by atoms with Crippen molar-refractivity contribution in [2.45, 2.75) is 0 Å². The van der Waals surface area contributed by atoms with Gasteiger partial charge in [0.25, 0.3) is 0 Å². The van der Waals surface area contributed by atoms with E-state index < -0.39 is 0 Å². The molecule has 6 heteroatoms. The van der Waals surface area contributed by atoms with Crippen molar-refractivity contribution in [2.24, 2.45) is 0 Å². The topological polar surface area (TPSA) is 101 Å². The van der Waals surface area contributed by atoms with Crippen molar-refractivity contribution in [3.63, 3.8) is 0 Å². The number of aromatic hydroxyl groups is 2. The Kier molecular flexibility index (Phi) is 6.07. The van der Waals surface area contributed by atoms with Gasteiger partial charge in [-0.2, -0.15) is 0 Å². The van der Waals surface area contributed by atoms with Gasteiger partial charge in [0.1, 0.15) is 34.2 Å². The van der Waals surface area contributed by atoms with Crippen molar-refractivity contribution >= 4 is 21.9 Å². The van der Waals surface area contributed by atoms with Gasteiger partial charge in [-0.1, -0.05) is 42.5 Å². The molecule has 6 aromatic rings. The largest absolute Gasteiger partial charge is 0.508 e. The second-order valence-corrected chi connectivity index (χ2v) is 8.04. The van der Waals surface area contributed by atoms with Crippen LogP contribution in [-0.2, 0) is 0 Å². The lowest BCUT2D eigenvalue weighted by Gasteiger charge is -2.03. The minimum absolute atomic E-state index is 0.00861. The molecule has 0 atom stereocenters. The summed E-state index contributed by atoms with van der Waals surface area (Å²) < 4.78 is 11.3. The van der Waals surface area contributed by atoms with E-state index in [-0.39, 0.29) is 22.4 Å². The van der Waals surface area contributed by atoms with Crippen molar-refractivity contribution in [3.05, 3.63) is 130 Å². The minimum Gasteiger partial charge on any atom is -0.508 e. The lowest BCUT2D eigenvalue weighted by molar-refractivity contribution is 0.474. The minimum atomic E-state index is -0.177. The highest BCUT2D eigenvalue weighted by atomic mass is 16.3. The molecule has 0 spiro atoms. The molecule has 4 aromatic carbocycles. The van der Waals surface area contributed by atoms with Gasteiger partial charge in [-0.25, -0.2) is 0 Å². The Bertz CT molecular complexity index is 1780. The number of para-hydroxylation sites is 1. The number of phenolic OH excluding ortho intramolecular Hbond substituents is 2. The maximum atomic E-state index is 12.0. The molecule has 0 aliphatic rings. The van der Waals surface area contributed by atoms with E-state index in [2.05, 4.69) is 0 Å². The first-order valence-electron chi connectivity index (χ1n) is 11.1. The molecule has 36 heavy (non-hydrogen) atoms. The number of phenols is 2. The van der Waals surface area contributed by atoms with Crippen LogP contribution >= 0.6 is 0 Å². The van der Waals surface area contributed by atoms with E-state index in [1.807, 2.05) is 48.5 Å². The molecule has 6 rings (SSSR count). The van der Waals surface area contributed by atoms with E-state index in [1.54, 1.807) is 18.2 Å². The molecule has 6 nitrogen and oxygen atoms in total. The Labute approximate surface area is 204 Å². The van der Waals surface area contributed by atoms with Crippen LogP contribution in [0.3, 0.4) is 0 Å². The van der Waals surface area contributed by atoms with Gasteiger partial charge >= 0.3 is 0 Å². The molecular formula is C30H20O6. The van der Waals surface area contributed by atoms with E-state index in [1.165, 1.54) is 42.5 Å². The van der Waals surface area contributed by atoms with Crippen molar-refractivity contribution in [1.29, 1.82) is 0 Å². The highest BCUT2D eigenvalue weighted by Gasteiger charge is 2.08. The zero-order valence-electron chi connectivity index (χ0n) is 18.9. The van der Waals surface area contributed by atoms with E-state index >= 15 is 0 Å². The summed E-state index contributed by atoms with van der Waals surface area (Å²) in [5.41, 5.74) is 2.36. The maximum absolute atomic E-state index is 12.0. The molecule has 0 aliphatic heterocycles. The number of hydrogen-bond acceptors (Lipinski definition) is 6. The highest BCUT2D eigenvalue weighted by Crippen LogP contribution is 2.25. The second-order valence-electron chi connectivity index (χ2n) is 8.04. The van der Waals surface area contributed by atoms with Crippen LogP contribution in [0.1, 0.15) is 0 Å². The van der Waals surface area contributed by atoms with Crippen molar-refractivity contribution in [2.75, 3.05) is 0 Å². The van der Waals surface area contributed by atoms with Crippen LogP contribution in [0.2, 0.25) is 0 Å². The van der Waals surface area contributed by atoms with Gasteiger partial charge in [-0.15, -0.1) is 0 Å². The molecule has 0 bridgehead atoms. The van der Waals surface area contributed by atoms with Gasteiger partial charge in [0, 0.05) is 29.3 Å². The molecule has 0 saturated carbocycles. The van der Waals surface area contributed by atoms with Gasteiger partial charge in [-0.3, -0.25) is 9.59 Å². The molecule has 0 amide bonds. The Morgan fingerprint density at radius 2 is 1.00 bits per heavy atom. The zero-order chi connectivity index (χ0) is 25.1. The first kappa shape index (κ1) is 22.7. The van der Waals surface area contributed by atoms with Crippen LogP contribution in [-0.4, -0.2) is 10.2 Å². The number of hydrogen-bond donors (Lipinski definition) is 2. The molecule has 0 unspecified atom stereocenters. The Hall–Kier alpha value is -5.10. The summed E-state index contributed by atoms with van der Waals surface area (Å²) in [4.78, 5) is 23.9. The fourth-order valence-electron chi connectivity index (χ4n) is 3.76. The maximum Gasteiger partial charge on any atom is 0.193 e. The molecule has 2 heterocycles. The van der Waals surface area contributed by atoms with Crippen LogP contribution in [0.15, 0.2) is 128 Å². The van der Waals surface area contributed by atoms with Crippen LogP contribution in [0.5, 0.6) is 11.5 Å². The molecule has 0 fully saturated rings.